The van der Waals surface area contributed by atoms with Crippen molar-refractivity contribution in [1.29, 1.82) is 0 Å². The number of hydrogen-bond acceptors (Lipinski definition) is 4. The van der Waals surface area contributed by atoms with Crippen molar-refractivity contribution in [2.45, 2.75) is 11.0 Å². The van der Waals surface area contributed by atoms with Crippen LogP contribution in [0.2, 0.25) is 0 Å². The summed E-state index contributed by atoms with van der Waals surface area (Å²) >= 11 is 0. The maximum absolute atomic E-state index is 13.4. The van der Waals surface area contributed by atoms with Crippen molar-refractivity contribution in [3.05, 3.63) is 84.7 Å². The van der Waals surface area contributed by atoms with Gasteiger partial charge in [-0.15, -0.1) is 0 Å². The number of sulfonamides is 1. The Morgan fingerprint density at radius 1 is 1.00 bits per heavy atom. The highest BCUT2D eigenvalue weighted by molar-refractivity contribution is 7.92. The molecule has 0 aliphatic carbocycles. The van der Waals surface area contributed by atoms with Crippen LogP contribution in [0.1, 0.15) is 0 Å². The van der Waals surface area contributed by atoms with Crippen molar-refractivity contribution in [1.82, 2.24) is 0 Å². The van der Waals surface area contributed by atoms with Gasteiger partial charge in [-0.3, -0.25) is 9.10 Å². The minimum Gasteiger partial charge on any atom is -0.476 e. The number of para-hydroxylation sites is 2. The van der Waals surface area contributed by atoms with Crippen LogP contribution in [0.25, 0.3) is 0 Å². The Morgan fingerprint density at radius 2 is 1.72 bits per heavy atom. The molecule has 0 saturated heterocycles. The van der Waals surface area contributed by atoms with E-state index in [0.29, 0.717) is 5.69 Å². The SMILES string of the molecule is O=C(Nc1cccc(F)c1)[C@H]1CN(S(=O)(=O)c2ccccc2)c2ccccc2O1. The molecule has 0 radical (unpaired) electrons. The van der Waals surface area contributed by atoms with Crippen molar-refractivity contribution in [2.24, 2.45) is 0 Å². The van der Waals surface area contributed by atoms with E-state index < -0.39 is 27.9 Å². The van der Waals surface area contributed by atoms with Gasteiger partial charge in [0, 0.05) is 5.69 Å². The summed E-state index contributed by atoms with van der Waals surface area (Å²) in [5.41, 5.74) is 0.612. The van der Waals surface area contributed by atoms with Crippen LogP contribution < -0.4 is 14.4 Å². The minimum atomic E-state index is -3.91. The van der Waals surface area contributed by atoms with Gasteiger partial charge >= 0.3 is 0 Å². The molecule has 3 aromatic rings. The second-order valence-electron chi connectivity index (χ2n) is 6.42. The molecular formula is C21H17FN2O4S. The summed E-state index contributed by atoms with van der Waals surface area (Å²) in [6, 6.07) is 20.0. The lowest BCUT2D eigenvalue weighted by Gasteiger charge is -2.34. The van der Waals surface area contributed by atoms with Crippen LogP contribution in [-0.2, 0) is 14.8 Å². The molecule has 0 fully saturated rings. The zero-order valence-electron chi connectivity index (χ0n) is 15.2. The molecule has 0 spiro atoms. The zero-order valence-corrected chi connectivity index (χ0v) is 16.0. The molecule has 1 atom stereocenters. The van der Waals surface area contributed by atoms with Gasteiger partial charge in [0.1, 0.15) is 11.6 Å². The third-order valence-electron chi connectivity index (χ3n) is 4.45. The van der Waals surface area contributed by atoms with Gasteiger partial charge in [-0.2, -0.15) is 0 Å². The maximum Gasteiger partial charge on any atom is 0.267 e. The standard InChI is InChI=1S/C21H17FN2O4S/c22-15-7-6-8-16(13-15)23-21(25)20-14-24(18-11-4-5-12-19(18)28-20)29(26,27)17-9-2-1-3-10-17/h1-13,20H,14H2,(H,23,25)/t20-/m1/s1. The van der Waals surface area contributed by atoms with Gasteiger partial charge in [-0.05, 0) is 42.5 Å². The van der Waals surface area contributed by atoms with Crippen LogP contribution in [0.15, 0.2) is 83.8 Å². The van der Waals surface area contributed by atoms with E-state index in [1.165, 1.54) is 36.4 Å². The summed E-state index contributed by atoms with van der Waals surface area (Å²) in [5.74, 6) is -0.790. The van der Waals surface area contributed by atoms with Gasteiger partial charge in [0.15, 0.2) is 6.10 Å². The van der Waals surface area contributed by atoms with E-state index in [-0.39, 0.29) is 22.9 Å². The third kappa shape index (κ3) is 3.79. The zero-order chi connectivity index (χ0) is 20.4. The molecule has 0 unspecified atom stereocenters. The van der Waals surface area contributed by atoms with Crippen LogP contribution in [0.5, 0.6) is 5.75 Å². The van der Waals surface area contributed by atoms with Gasteiger partial charge in [0.05, 0.1) is 17.1 Å². The highest BCUT2D eigenvalue weighted by Crippen LogP contribution is 2.36. The number of ether oxygens (including phenoxy) is 1. The van der Waals surface area contributed by atoms with Crippen molar-refractivity contribution >= 4 is 27.3 Å². The van der Waals surface area contributed by atoms with Crippen LogP contribution in [0.4, 0.5) is 15.8 Å². The Balaban J connectivity index is 1.67. The number of anilines is 2. The van der Waals surface area contributed by atoms with Crippen LogP contribution in [-0.4, -0.2) is 27.0 Å². The first kappa shape index (κ1) is 18.9. The average molecular weight is 412 g/mol. The Morgan fingerprint density at radius 3 is 2.48 bits per heavy atom. The number of carbonyl (C=O) groups excluding carboxylic acids is 1. The predicted molar refractivity (Wildman–Crippen MR) is 107 cm³/mol. The fourth-order valence-electron chi connectivity index (χ4n) is 3.08. The van der Waals surface area contributed by atoms with E-state index in [9.17, 15) is 17.6 Å². The topological polar surface area (TPSA) is 75.7 Å². The minimum absolute atomic E-state index is 0.112. The van der Waals surface area contributed by atoms with E-state index in [4.69, 9.17) is 4.74 Å². The normalized spacial score (nSPS) is 15.9. The summed E-state index contributed by atoms with van der Waals surface area (Å²) in [5, 5.41) is 2.57. The third-order valence-corrected chi connectivity index (χ3v) is 6.24. The number of amides is 1. The largest absolute Gasteiger partial charge is 0.476 e. The number of hydrogen-bond donors (Lipinski definition) is 1. The second-order valence-corrected chi connectivity index (χ2v) is 8.29. The Hall–Kier alpha value is -3.39. The molecule has 1 N–H and O–H groups in total. The summed E-state index contributed by atoms with van der Waals surface area (Å²) in [7, 11) is -3.91. The first-order chi connectivity index (χ1) is 13.9. The lowest BCUT2D eigenvalue weighted by Crippen LogP contribution is -2.48. The molecule has 1 amide bonds. The Bertz CT molecular complexity index is 1150. The van der Waals surface area contributed by atoms with Crippen molar-refractivity contribution in [2.75, 3.05) is 16.2 Å². The van der Waals surface area contributed by atoms with E-state index in [0.717, 1.165) is 4.31 Å². The molecule has 1 aliphatic heterocycles. The van der Waals surface area contributed by atoms with Crippen molar-refractivity contribution in [3.8, 4) is 5.75 Å². The van der Waals surface area contributed by atoms with Gasteiger partial charge in [0.25, 0.3) is 15.9 Å². The first-order valence-corrected chi connectivity index (χ1v) is 10.3. The molecule has 8 heteroatoms. The summed E-state index contributed by atoms with van der Waals surface area (Å²) in [4.78, 5) is 12.8. The lowest BCUT2D eigenvalue weighted by atomic mass is 10.2. The van der Waals surface area contributed by atoms with Crippen LogP contribution >= 0.6 is 0 Å². The molecule has 29 heavy (non-hydrogen) atoms. The predicted octanol–water partition coefficient (Wildman–Crippen LogP) is 3.42. The molecule has 6 nitrogen and oxygen atoms in total. The molecule has 1 heterocycles. The highest BCUT2D eigenvalue weighted by Gasteiger charge is 2.37. The number of carbonyl (C=O) groups is 1. The Labute approximate surface area is 167 Å². The van der Waals surface area contributed by atoms with Crippen LogP contribution in [0.3, 0.4) is 0 Å². The summed E-state index contributed by atoms with van der Waals surface area (Å²) in [6.07, 6.45) is -1.10. The summed E-state index contributed by atoms with van der Waals surface area (Å²) in [6.45, 7) is -0.213. The molecule has 4 rings (SSSR count). The number of nitrogens with zero attached hydrogens (tertiary/aromatic N) is 1. The van der Waals surface area contributed by atoms with Gasteiger partial charge in [-0.25, -0.2) is 12.8 Å². The average Bonchev–Trinajstić information content (AvgIpc) is 2.73. The number of nitrogens with one attached hydrogen (secondary N) is 1. The van der Waals surface area contributed by atoms with Gasteiger partial charge < -0.3 is 10.1 Å². The van der Waals surface area contributed by atoms with Gasteiger partial charge in [0.2, 0.25) is 0 Å². The number of halogens is 1. The van der Waals surface area contributed by atoms with E-state index >= 15 is 0 Å². The summed E-state index contributed by atoms with van der Waals surface area (Å²) < 4.78 is 46.7. The second kappa shape index (κ2) is 7.56. The fourth-order valence-corrected chi connectivity index (χ4v) is 4.57. The van der Waals surface area contributed by atoms with Crippen molar-refractivity contribution < 1.29 is 22.3 Å². The number of fused-ring (bicyclic) bond motifs is 1. The van der Waals surface area contributed by atoms with Crippen molar-refractivity contribution in [3.63, 3.8) is 0 Å². The fraction of sp³-hybridized carbons (Fsp3) is 0.0952. The lowest BCUT2D eigenvalue weighted by molar-refractivity contribution is -0.122. The molecule has 3 aromatic carbocycles. The molecule has 0 aromatic heterocycles. The molecule has 0 bridgehead atoms. The number of benzene rings is 3. The first-order valence-electron chi connectivity index (χ1n) is 8.85. The maximum atomic E-state index is 13.4. The monoisotopic (exact) mass is 412 g/mol. The van der Waals surface area contributed by atoms with Gasteiger partial charge in [-0.1, -0.05) is 36.4 Å². The molecule has 1 aliphatic rings. The molecular weight excluding hydrogens is 395 g/mol. The van der Waals surface area contributed by atoms with E-state index in [1.54, 1.807) is 42.5 Å². The highest BCUT2D eigenvalue weighted by atomic mass is 32.2. The number of rotatable bonds is 4. The Kier molecular flexibility index (Phi) is 4.94. The quantitative estimate of drug-likeness (QED) is 0.713. The van der Waals surface area contributed by atoms with Crippen LogP contribution in [0, 0.1) is 5.82 Å². The van der Waals surface area contributed by atoms with E-state index in [1.807, 2.05) is 0 Å². The smallest absolute Gasteiger partial charge is 0.267 e. The molecule has 0 saturated carbocycles. The molecule has 148 valence electrons. The van der Waals surface area contributed by atoms with E-state index in [2.05, 4.69) is 5.32 Å².